The van der Waals surface area contributed by atoms with E-state index in [-0.39, 0.29) is 51.5 Å². The molecule has 4 fully saturated rings. The molecule has 0 bridgehead atoms. The number of hydrogen-bond acceptors (Lipinski definition) is 5. The third-order valence-corrected chi connectivity index (χ3v) is 12.9. The van der Waals surface area contributed by atoms with Crippen LogP contribution in [0, 0.1) is 50.2 Å². The number of methoxy groups -OCH3 is 1. The highest BCUT2D eigenvalue weighted by molar-refractivity contribution is 6.46. The Kier molecular flexibility index (Phi) is 5.80. The number of allylic oxidation sites excluding steroid dienone is 4. The van der Waals surface area contributed by atoms with Crippen LogP contribution in [0.5, 0.6) is 0 Å². The molecule has 0 aromatic carbocycles. The Morgan fingerprint density at radius 1 is 0.947 bits per heavy atom. The van der Waals surface area contributed by atoms with Crippen LogP contribution in [0.4, 0.5) is 0 Å². The summed E-state index contributed by atoms with van der Waals surface area (Å²) in [5, 5.41) is 0. The van der Waals surface area contributed by atoms with Crippen LogP contribution in [0.2, 0.25) is 0 Å². The minimum absolute atomic E-state index is 0.0492. The summed E-state index contributed by atoms with van der Waals surface area (Å²) in [5.74, 6) is -1.17. The molecular formula is C33H46O5. The average molecular weight is 523 g/mol. The molecule has 0 aliphatic heterocycles. The van der Waals surface area contributed by atoms with Gasteiger partial charge in [-0.15, -0.1) is 0 Å². The van der Waals surface area contributed by atoms with Gasteiger partial charge < -0.3 is 4.74 Å². The van der Waals surface area contributed by atoms with Crippen molar-refractivity contribution in [2.45, 2.75) is 100 Å². The van der Waals surface area contributed by atoms with Gasteiger partial charge in [0.1, 0.15) is 0 Å². The van der Waals surface area contributed by atoms with Gasteiger partial charge in [0.2, 0.25) is 11.6 Å². The highest BCUT2D eigenvalue weighted by Gasteiger charge is 2.72. The summed E-state index contributed by atoms with van der Waals surface area (Å²) >= 11 is 0. The van der Waals surface area contributed by atoms with E-state index in [1.807, 2.05) is 32.9 Å². The van der Waals surface area contributed by atoms with Crippen LogP contribution >= 0.6 is 0 Å². The number of carbonyl (C=O) groups is 4. The molecule has 0 spiro atoms. The minimum Gasteiger partial charge on any atom is -0.469 e. The average Bonchev–Trinajstić information content (AvgIpc) is 2.83. The second-order valence-corrected chi connectivity index (χ2v) is 15.2. The number of ether oxygens (including phenoxy) is 1. The number of esters is 1. The molecule has 7 unspecified atom stereocenters. The molecule has 4 saturated carbocycles. The molecule has 5 nitrogen and oxygen atoms in total. The highest BCUT2D eigenvalue weighted by atomic mass is 16.5. The minimum atomic E-state index is -0.790. The maximum Gasteiger partial charge on any atom is 0.312 e. The third kappa shape index (κ3) is 3.05. The number of rotatable bonds is 1. The molecule has 38 heavy (non-hydrogen) atoms. The molecule has 0 aromatic rings. The van der Waals surface area contributed by atoms with Crippen LogP contribution < -0.4 is 0 Å². The van der Waals surface area contributed by atoms with Crippen molar-refractivity contribution in [1.82, 2.24) is 0 Å². The molecule has 208 valence electrons. The van der Waals surface area contributed by atoms with Crippen molar-refractivity contribution in [1.29, 1.82) is 0 Å². The van der Waals surface area contributed by atoms with E-state index in [4.69, 9.17) is 4.74 Å². The van der Waals surface area contributed by atoms with Gasteiger partial charge in [-0.3, -0.25) is 19.2 Å². The molecule has 0 radical (unpaired) electrons. The Morgan fingerprint density at radius 2 is 1.58 bits per heavy atom. The standard InChI is InChI=1S/C33H46O5/c1-10-19-25(35)26(36)29(4,5)22-11-12-30(6)23(32(19,22)8)17-21(34)24-20-18-28(2,3)13-15-33(20,27(37)38-9)16-14-31(24,30)7/h10,17,20,22,24H,11-16,18H2,1-9H3. The number of ketones is 3. The molecule has 0 aromatic heterocycles. The number of fused-ring (bicyclic) bond motifs is 7. The van der Waals surface area contributed by atoms with Crippen molar-refractivity contribution in [2.24, 2.45) is 50.2 Å². The van der Waals surface area contributed by atoms with E-state index in [9.17, 15) is 19.2 Å². The molecule has 5 rings (SSSR count). The van der Waals surface area contributed by atoms with Gasteiger partial charge in [0.15, 0.2) is 5.78 Å². The summed E-state index contributed by atoms with van der Waals surface area (Å²) in [6.45, 7) is 16.9. The molecule has 0 amide bonds. The second kappa shape index (κ2) is 8.01. The monoisotopic (exact) mass is 522 g/mol. The molecular weight excluding hydrogens is 476 g/mol. The van der Waals surface area contributed by atoms with Gasteiger partial charge >= 0.3 is 5.97 Å². The molecule has 0 saturated heterocycles. The predicted octanol–water partition coefficient (Wildman–Crippen LogP) is 6.44. The van der Waals surface area contributed by atoms with E-state index in [1.165, 1.54) is 7.11 Å². The van der Waals surface area contributed by atoms with Crippen molar-refractivity contribution in [2.75, 3.05) is 7.11 Å². The predicted molar refractivity (Wildman–Crippen MR) is 146 cm³/mol. The highest BCUT2D eigenvalue weighted by Crippen LogP contribution is 2.75. The summed E-state index contributed by atoms with van der Waals surface area (Å²) in [6, 6.07) is 0. The van der Waals surface area contributed by atoms with E-state index >= 15 is 0 Å². The summed E-state index contributed by atoms with van der Waals surface area (Å²) in [5.41, 5.74) is -1.13. The Hall–Kier alpha value is -2.04. The topological polar surface area (TPSA) is 77.5 Å². The first kappa shape index (κ1) is 27.5. The zero-order chi connectivity index (χ0) is 28.3. The van der Waals surface area contributed by atoms with E-state index in [2.05, 4.69) is 34.6 Å². The van der Waals surface area contributed by atoms with Crippen molar-refractivity contribution in [3.63, 3.8) is 0 Å². The fraction of sp³-hybridized carbons (Fsp3) is 0.758. The van der Waals surface area contributed by atoms with Crippen LogP contribution in [0.3, 0.4) is 0 Å². The Bertz CT molecular complexity index is 1200. The van der Waals surface area contributed by atoms with Gasteiger partial charge in [0.05, 0.1) is 12.5 Å². The van der Waals surface area contributed by atoms with E-state index in [0.29, 0.717) is 5.57 Å². The molecule has 5 aliphatic rings. The van der Waals surface area contributed by atoms with Gasteiger partial charge in [-0.05, 0) is 91.6 Å². The zero-order valence-corrected chi connectivity index (χ0v) is 24.9. The van der Waals surface area contributed by atoms with Crippen LogP contribution in [-0.4, -0.2) is 30.4 Å². The van der Waals surface area contributed by atoms with Crippen molar-refractivity contribution in [3.8, 4) is 0 Å². The molecule has 0 heterocycles. The molecule has 7 atom stereocenters. The Labute approximate surface area is 228 Å². The normalized spacial score (nSPS) is 46.3. The third-order valence-electron chi connectivity index (χ3n) is 12.9. The lowest BCUT2D eigenvalue weighted by Gasteiger charge is -2.69. The first-order valence-electron chi connectivity index (χ1n) is 14.6. The second-order valence-electron chi connectivity index (χ2n) is 15.2. The Morgan fingerprint density at radius 3 is 2.18 bits per heavy atom. The number of hydrogen-bond donors (Lipinski definition) is 0. The summed E-state index contributed by atoms with van der Waals surface area (Å²) < 4.78 is 5.42. The first-order valence-corrected chi connectivity index (χ1v) is 14.6. The van der Waals surface area contributed by atoms with E-state index in [0.717, 1.165) is 50.5 Å². The van der Waals surface area contributed by atoms with Crippen molar-refractivity contribution < 1.29 is 23.9 Å². The molecule has 5 heteroatoms. The maximum atomic E-state index is 14.5. The zero-order valence-electron chi connectivity index (χ0n) is 24.9. The van der Waals surface area contributed by atoms with E-state index < -0.39 is 22.0 Å². The SMILES string of the molecule is CC=C1C(=O)C(=O)C(C)(C)C2CCC3(C)C(=CC(=O)C4C5CC(C)(C)CCC5(C(=O)OC)CCC43C)C12C. The molecule has 5 aliphatic carbocycles. The lowest BCUT2D eigenvalue weighted by molar-refractivity contribution is -0.191. The summed E-state index contributed by atoms with van der Waals surface area (Å²) in [6.07, 6.45) is 9.41. The van der Waals surface area contributed by atoms with Crippen LogP contribution in [0.15, 0.2) is 23.3 Å². The van der Waals surface area contributed by atoms with Crippen molar-refractivity contribution >= 4 is 23.3 Å². The van der Waals surface area contributed by atoms with Gasteiger partial charge in [0, 0.05) is 22.3 Å². The van der Waals surface area contributed by atoms with E-state index in [1.54, 1.807) is 0 Å². The van der Waals surface area contributed by atoms with Crippen LogP contribution in [0.25, 0.3) is 0 Å². The lowest BCUT2D eigenvalue weighted by atomic mass is 9.33. The van der Waals surface area contributed by atoms with Crippen LogP contribution in [-0.2, 0) is 23.9 Å². The number of carbonyl (C=O) groups excluding carboxylic acids is 4. The fourth-order valence-corrected chi connectivity index (χ4v) is 10.6. The lowest BCUT2D eigenvalue weighted by Crippen LogP contribution is -2.67. The van der Waals surface area contributed by atoms with Crippen LogP contribution in [0.1, 0.15) is 100 Å². The summed E-state index contributed by atoms with van der Waals surface area (Å²) in [4.78, 5) is 54.6. The van der Waals surface area contributed by atoms with Gasteiger partial charge in [-0.2, -0.15) is 0 Å². The van der Waals surface area contributed by atoms with Gasteiger partial charge in [-0.25, -0.2) is 0 Å². The largest absolute Gasteiger partial charge is 0.469 e. The van der Waals surface area contributed by atoms with Crippen molar-refractivity contribution in [3.05, 3.63) is 23.3 Å². The van der Waals surface area contributed by atoms with Gasteiger partial charge in [-0.1, -0.05) is 54.5 Å². The smallest absolute Gasteiger partial charge is 0.312 e. The summed E-state index contributed by atoms with van der Waals surface area (Å²) in [7, 11) is 1.48. The Balaban J connectivity index is 1.72. The first-order chi connectivity index (χ1) is 17.5. The molecule has 0 N–H and O–H groups in total. The fourth-order valence-electron chi connectivity index (χ4n) is 10.6. The van der Waals surface area contributed by atoms with Gasteiger partial charge in [0.25, 0.3) is 0 Å². The number of Topliss-reactive ketones (excluding diaryl/α,β-unsaturated/α-hetero) is 2. The quantitative estimate of drug-likeness (QED) is 0.225. The maximum absolute atomic E-state index is 14.5.